The Kier molecular flexibility index (Phi) is 3.79. The van der Waals surface area contributed by atoms with E-state index in [0.717, 1.165) is 26.1 Å². The van der Waals surface area contributed by atoms with Crippen LogP contribution in [0, 0.1) is 0 Å². The predicted molar refractivity (Wildman–Crippen MR) is 68.8 cm³/mol. The molecule has 1 heterocycles. The Balaban J connectivity index is 2.08. The molecule has 1 fully saturated rings. The van der Waals surface area contributed by atoms with Gasteiger partial charge in [-0.05, 0) is 19.0 Å². The quantitative estimate of drug-likeness (QED) is 0.769. The number of likely N-dealkylation sites (N-methyl/N-ethyl adjacent to an activating group) is 1. The maximum absolute atomic E-state index is 11.6. The lowest BCUT2D eigenvalue weighted by molar-refractivity contribution is -0.133. The van der Waals surface area contributed by atoms with Crippen molar-refractivity contribution in [1.82, 2.24) is 9.80 Å². The molecule has 1 saturated heterocycles. The summed E-state index contributed by atoms with van der Waals surface area (Å²) in [6.45, 7) is 4.46. The van der Waals surface area contributed by atoms with Crippen molar-refractivity contribution in [2.24, 2.45) is 0 Å². The van der Waals surface area contributed by atoms with Crippen molar-refractivity contribution in [3.8, 4) is 0 Å². The van der Waals surface area contributed by atoms with Crippen molar-refractivity contribution in [3.63, 3.8) is 0 Å². The summed E-state index contributed by atoms with van der Waals surface area (Å²) < 4.78 is 0. The molecule has 2 rings (SSSR count). The fraction of sp³-hybridized carbons (Fsp3) is 0.500. The van der Waals surface area contributed by atoms with Gasteiger partial charge in [-0.2, -0.15) is 0 Å². The Morgan fingerprint density at radius 1 is 1.29 bits per heavy atom. The smallest absolute Gasteiger partial charge is 0.219 e. The Morgan fingerprint density at radius 3 is 2.65 bits per heavy atom. The van der Waals surface area contributed by atoms with E-state index >= 15 is 0 Å². The summed E-state index contributed by atoms with van der Waals surface area (Å²) in [5.41, 5.74) is 1.30. The lowest BCUT2D eigenvalue weighted by Gasteiger charge is -2.39. The van der Waals surface area contributed by atoms with Crippen LogP contribution in [0.15, 0.2) is 30.3 Å². The third-order valence-electron chi connectivity index (χ3n) is 3.40. The molecule has 0 aromatic heterocycles. The van der Waals surface area contributed by atoms with E-state index in [1.165, 1.54) is 5.56 Å². The van der Waals surface area contributed by atoms with Gasteiger partial charge in [0.15, 0.2) is 0 Å². The number of hydrogen-bond donors (Lipinski definition) is 0. The minimum absolute atomic E-state index is 0.194. The molecule has 1 aromatic rings. The van der Waals surface area contributed by atoms with Gasteiger partial charge in [-0.25, -0.2) is 0 Å². The summed E-state index contributed by atoms with van der Waals surface area (Å²) in [5.74, 6) is 0.194. The molecule has 1 atom stereocenters. The summed E-state index contributed by atoms with van der Waals surface area (Å²) in [4.78, 5) is 15.9. The van der Waals surface area contributed by atoms with Gasteiger partial charge >= 0.3 is 0 Å². The zero-order valence-corrected chi connectivity index (χ0v) is 10.6. The fourth-order valence-electron chi connectivity index (χ4n) is 2.49. The summed E-state index contributed by atoms with van der Waals surface area (Å²) in [6, 6.07) is 10.7. The van der Waals surface area contributed by atoms with Gasteiger partial charge < -0.3 is 9.80 Å². The molecule has 0 bridgehead atoms. The van der Waals surface area contributed by atoms with E-state index in [1.54, 1.807) is 6.92 Å². The summed E-state index contributed by atoms with van der Waals surface area (Å²) in [7, 11) is 2.12. The molecule has 1 amide bonds. The fourth-order valence-corrected chi connectivity index (χ4v) is 2.49. The minimum atomic E-state index is 0.194. The molecule has 1 aromatic carbocycles. The Bertz CT molecular complexity index is 377. The second-order valence-electron chi connectivity index (χ2n) is 4.82. The first-order valence-electron chi connectivity index (χ1n) is 6.16. The molecule has 0 saturated carbocycles. The van der Waals surface area contributed by atoms with Crippen LogP contribution in [0.2, 0.25) is 0 Å². The Morgan fingerprint density at radius 2 is 2.00 bits per heavy atom. The zero-order chi connectivity index (χ0) is 12.3. The van der Waals surface area contributed by atoms with E-state index in [2.05, 4.69) is 36.2 Å². The normalized spacial score (nSPS) is 21.5. The van der Waals surface area contributed by atoms with Crippen molar-refractivity contribution >= 4 is 5.91 Å². The lowest BCUT2D eigenvalue weighted by Crippen LogP contribution is -2.54. The molecule has 3 nitrogen and oxygen atoms in total. The molecule has 0 radical (unpaired) electrons. The first-order chi connectivity index (χ1) is 8.16. The van der Waals surface area contributed by atoms with Gasteiger partial charge in [0.1, 0.15) is 0 Å². The van der Waals surface area contributed by atoms with E-state index in [1.807, 2.05) is 11.0 Å². The first-order valence-corrected chi connectivity index (χ1v) is 6.16. The van der Waals surface area contributed by atoms with Crippen LogP contribution in [-0.4, -0.2) is 48.4 Å². The van der Waals surface area contributed by atoms with Crippen LogP contribution < -0.4 is 0 Å². The first kappa shape index (κ1) is 12.1. The third-order valence-corrected chi connectivity index (χ3v) is 3.40. The van der Waals surface area contributed by atoms with Crippen LogP contribution in [0.25, 0.3) is 0 Å². The molecule has 0 N–H and O–H groups in total. The van der Waals surface area contributed by atoms with Crippen LogP contribution in [0.1, 0.15) is 12.5 Å². The average Bonchev–Trinajstić information content (AvgIpc) is 2.30. The number of nitrogens with zero attached hydrogens (tertiary/aromatic N) is 2. The van der Waals surface area contributed by atoms with Crippen molar-refractivity contribution in [1.29, 1.82) is 0 Å². The lowest BCUT2D eigenvalue weighted by atomic mass is 10.0. The second kappa shape index (κ2) is 5.32. The zero-order valence-electron chi connectivity index (χ0n) is 10.6. The molecule has 92 valence electrons. The van der Waals surface area contributed by atoms with Crippen LogP contribution in [0.5, 0.6) is 0 Å². The topological polar surface area (TPSA) is 23.6 Å². The highest BCUT2D eigenvalue weighted by atomic mass is 16.2. The van der Waals surface area contributed by atoms with Crippen molar-refractivity contribution in [2.45, 2.75) is 19.4 Å². The number of carbonyl (C=O) groups is 1. The number of rotatable bonds is 2. The highest BCUT2D eigenvalue weighted by molar-refractivity contribution is 5.73. The molecule has 0 aliphatic carbocycles. The van der Waals surface area contributed by atoms with Gasteiger partial charge in [0.25, 0.3) is 0 Å². The van der Waals surface area contributed by atoms with Gasteiger partial charge in [0.05, 0.1) is 0 Å². The van der Waals surface area contributed by atoms with E-state index in [4.69, 9.17) is 0 Å². The molecular formula is C14H20N2O. The van der Waals surface area contributed by atoms with E-state index < -0.39 is 0 Å². The standard InChI is InChI=1S/C14H20N2O/c1-12(17)16-9-8-15(2)11-14(16)10-13-6-4-3-5-7-13/h3-7,14H,8-11H2,1-2H3. The highest BCUT2D eigenvalue weighted by Crippen LogP contribution is 2.14. The maximum atomic E-state index is 11.6. The molecule has 3 heteroatoms. The summed E-state index contributed by atoms with van der Waals surface area (Å²) in [6.07, 6.45) is 0.949. The van der Waals surface area contributed by atoms with Crippen LogP contribution in [-0.2, 0) is 11.2 Å². The third kappa shape index (κ3) is 3.07. The van der Waals surface area contributed by atoms with E-state index in [9.17, 15) is 4.79 Å². The number of carbonyl (C=O) groups excluding carboxylic acids is 1. The number of amides is 1. The van der Waals surface area contributed by atoms with E-state index in [0.29, 0.717) is 6.04 Å². The Labute approximate surface area is 103 Å². The minimum Gasteiger partial charge on any atom is -0.337 e. The van der Waals surface area contributed by atoms with Crippen molar-refractivity contribution < 1.29 is 4.79 Å². The molecule has 1 unspecified atom stereocenters. The average molecular weight is 232 g/mol. The van der Waals surface area contributed by atoms with Gasteiger partial charge in [-0.1, -0.05) is 30.3 Å². The molecular weight excluding hydrogens is 212 g/mol. The SMILES string of the molecule is CC(=O)N1CCN(C)CC1Cc1ccccc1. The van der Waals surface area contributed by atoms with Gasteiger partial charge in [0.2, 0.25) is 5.91 Å². The summed E-state index contributed by atoms with van der Waals surface area (Å²) >= 11 is 0. The monoisotopic (exact) mass is 232 g/mol. The largest absolute Gasteiger partial charge is 0.337 e. The van der Waals surface area contributed by atoms with Crippen molar-refractivity contribution in [3.05, 3.63) is 35.9 Å². The molecule has 1 aliphatic heterocycles. The maximum Gasteiger partial charge on any atom is 0.219 e. The van der Waals surface area contributed by atoms with Gasteiger partial charge in [-0.15, -0.1) is 0 Å². The highest BCUT2D eigenvalue weighted by Gasteiger charge is 2.26. The summed E-state index contributed by atoms with van der Waals surface area (Å²) in [5, 5.41) is 0. The molecule has 0 spiro atoms. The Hall–Kier alpha value is -1.35. The second-order valence-corrected chi connectivity index (χ2v) is 4.82. The van der Waals surface area contributed by atoms with Crippen LogP contribution >= 0.6 is 0 Å². The van der Waals surface area contributed by atoms with Crippen molar-refractivity contribution in [2.75, 3.05) is 26.7 Å². The van der Waals surface area contributed by atoms with E-state index in [-0.39, 0.29) is 5.91 Å². The molecule has 1 aliphatic rings. The number of piperazine rings is 1. The van der Waals surface area contributed by atoms with Gasteiger partial charge in [-0.3, -0.25) is 4.79 Å². The van der Waals surface area contributed by atoms with Gasteiger partial charge in [0, 0.05) is 32.6 Å². The van der Waals surface area contributed by atoms with Crippen LogP contribution in [0.3, 0.4) is 0 Å². The van der Waals surface area contributed by atoms with Crippen LogP contribution in [0.4, 0.5) is 0 Å². The molecule has 17 heavy (non-hydrogen) atoms. The number of benzene rings is 1. The number of hydrogen-bond acceptors (Lipinski definition) is 2. The predicted octanol–water partition coefficient (Wildman–Crippen LogP) is 1.39.